The van der Waals surface area contributed by atoms with Crippen LogP contribution in [-0.2, 0) is 25.5 Å². The van der Waals surface area contributed by atoms with Gasteiger partial charge in [-0.05, 0) is 52.0 Å². The van der Waals surface area contributed by atoms with Gasteiger partial charge in [0.05, 0.1) is 7.11 Å². The molecule has 0 unspecified atom stereocenters. The summed E-state index contributed by atoms with van der Waals surface area (Å²) in [6, 6.07) is 9.41. The molecule has 1 rings (SSSR count). The zero-order chi connectivity index (χ0) is 22.4. The summed E-state index contributed by atoms with van der Waals surface area (Å²) in [5.41, 5.74) is 0.585. The van der Waals surface area contributed by atoms with Crippen molar-refractivity contribution in [2.45, 2.75) is 77.4 Å². The number of alkyl carbamates (subject to hydrolysis) is 1. The van der Waals surface area contributed by atoms with Gasteiger partial charge in [0.15, 0.2) is 0 Å². The van der Waals surface area contributed by atoms with Crippen LogP contribution in [0.1, 0.15) is 64.9 Å². The molecule has 1 aromatic carbocycles. The molecule has 168 valence electrons. The van der Waals surface area contributed by atoms with E-state index in [9.17, 15) is 14.4 Å². The number of rotatable bonds is 12. The summed E-state index contributed by atoms with van der Waals surface area (Å²) < 4.78 is 9.91. The molecule has 0 spiro atoms. The van der Waals surface area contributed by atoms with Gasteiger partial charge in [0.1, 0.15) is 11.6 Å². The number of nitrogens with one attached hydrogen (secondary N) is 2. The van der Waals surface area contributed by atoms with Gasteiger partial charge in [-0.3, -0.25) is 9.59 Å². The Bertz CT molecular complexity index is 655. The van der Waals surface area contributed by atoms with E-state index in [0.717, 1.165) is 19.3 Å². The molecule has 2 N–H and O–H groups in total. The lowest BCUT2D eigenvalue weighted by atomic mass is 10.1. The predicted octanol–water partition coefficient (Wildman–Crippen LogP) is 3.75. The first-order valence-electron chi connectivity index (χ1n) is 10.6. The average molecular weight is 421 g/mol. The zero-order valence-electron chi connectivity index (χ0n) is 18.7. The van der Waals surface area contributed by atoms with Crippen molar-refractivity contribution in [2.24, 2.45) is 0 Å². The molecule has 0 heterocycles. The average Bonchev–Trinajstić information content (AvgIpc) is 2.69. The number of benzene rings is 1. The Morgan fingerprint density at radius 1 is 1.00 bits per heavy atom. The highest BCUT2D eigenvalue weighted by Crippen LogP contribution is 2.10. The summed E-state index contributed by atoms with van der Waals surface area (Å²) in [6.07, 6.45) is 4.06. The van der Waals surface area contributed by atoms with Crippen LogP contribution in [0.5, 0.6) is 0 Å². The lowest BCUT2D eigenvalue weighted by Crippen LogP contribution is -2.48. The maximum atomic E-state index is 12.6. The molecule has 0 aliphatic carbocycles. The van der Waals surface area contributed by atoms with E-state index >= 15 is 0 Å². The Labute approximate surface area is 179 Å². The highest BCUT2D eigenvalue weighted by molar-refractivity contribution is 5.85. The fourth-order valence-corrected chi connectivity index (χ4v) is 2.89. The van der Waals surface area contributed by atoms with Crippen molar-refractivity contribution in [3.8, 4) is 0 Å². The topological polar surface area (TPSA) is 93.7 Å². The molecule has 1 aromatic rings. The summed E-state index contributed by atoms with van der Waals surface area (Å²) >= 11 is 0. The van der Waals surface area contributed by atoms with Crippen LogP contribution < -0.4 is 10.6 Å². The number of aryl methyl sites for hydroxylation is 1. The predicted molar refractivity (Wildman–Crippen MR) is 116 cm³/mol. The number of carbonyl (C=O) groups excluding carboxylic acids is 3. The standard InChI is InChI=1S/C23H36N2O5/c1-23(2,3)30-22(28)25-19(15-9-6-10-16-20(26)29-4)21(27)24-17-11-14-18-12-7-5-8-13-18/h5,7-8,12-13,19H,6,9-11,14-17H2,1-4H3,(H,24,27)(H,25,28)/t19-/m1/s1. The van der Waals surface area contributed by atoms with Gasteiger partial charge in [-0.15, -0.1) is 0 Å². The third kappa shape index (κ3) is 12.1. The Morgan fingerprint density at radius 2 is 1.70 bits per heavy atom. The van der Waals surface area contributed by atoms with Crippen LogP contribution in [0.25, 0.3) is 0 Å². The second-order valence-corrected chi connectivity index (χ2v) is 8.25. The van der Waals surface area contributed by atoms with Gasteiger partial charge in [-0.1, -0.05) is 43.2 Å². The van der Waals surface area contributed by atoms with Crippen molar-refractivity contribution in [2.75, 3.05) is 13.7 Å². The van der Waals surface area contributed by atoms with E-state index in [-0.39, 0.29) is 11.9 Å². The number of hydrogen-bond donors (Lipinski definition) is 2. The Hall–Kier alpha value is -2.57. The van der Waals surface area contributed by atoms with Crippen LogP contribution in [0.2, 0.25) is 0 Å². The number of unbranched alkanes of at least 4 members (excludes halogenated alkanes) is 2. The fourth-order valence-electron chi connectivity index (χ4n) is 2.89. The van der Waals surface area contributed by atoms with Crippen molar-refractivity contribution in [3.63, 3.8) is 0 Å². The van der Waals surface area contributed by atoms with Crippen LogP contribution in [0.3, 0.4) is 0 Å². The van der Waals surface area contributed by atoms with Crippen molar-refractivity contribution in [3.05, 3.63) is 35.9 Å². The molecule has 0 radical (unpaired) electrons. The summed E-state index contributed by atoms with van der Waals surface area (Å²) in [7, 11) is 1.37. The van der Waals surface area contributed by atoms with Crippen LogP contribution >= 0.6 is 0 Å². The minimum absolute atomic E-state index is 0.220. The van der Waals surface area contributed by atoms with Gasteiger partial charge < -0.3 is 20.1 Å². The molecule has 0 bridgehead atoms. The monoisotopic (exact) mass is 420 g/mol. The molecule has 0 saturated heterocycles. The molecule has 1 atom stereocenters. The first kappa shape index (κ1) is 25.5. The number of hydrogen-bond acceptors (Lipinski definition) is 5. The van der Waals surface area contributed by atoms with Crippen LogP contribution in [0, 0.1) is 0 Å². The maximum absolute atomic E-state index is 12.6. The molecule has 0 fully saturated rings. The van der Waals surface area contributed by atoms with Gasteiger partial charge in [-0.25, -0.2) is 4.79 Å². The second kappa shape index (κ2) is 13.6. The van der Waals surface area contributed by atoms with Gasteiger partial charge in [-0.2, -0.15) is 0 Å². The van der Waals surface area contributed by atoms with Crippen molar-refractivity contribution in [1.29, 1.82) is 0 Å². The molecule has 2 amide bonds. The highest BCUT2D eigenvalue weighted by atomic mass is 16.6. The number of amides is 2. The molecule has 30 heavy (non-hydrogen) atoms. The third-order valence-electron chi connectivity index (χ3n) is 4.39. The molecular formula is C23H36N2O5. The Kier molecular flexibility index (Phi) is 11.6. The van der Waals surface area contributed by atoms with E-state index in [4.69, 9.17) is 4.74 Å². The minimum atomic E-state index is -0.672. The van der Waals surface area contributed by atoms with Gasteiger partial charge in [0.25, 0.3) is 0 Å². The van der Waals surface area contributed by atoms with Gasteiger partial charge in [0, 0.05) is 13.0 Å². The summed E-state index contributed by atoms with van der Waals surface area (Å²) in [4.78, 5) is 35.9. The summed E-state index contributed by atoms with van der Waals surface area (Å²) in [5, 5.41) is 5.58. The molecule has 0 aromatic heterocycles. The van der Waals surface area contributed by atoms with Gasteiger partial charge >= 0.3 is 12.1 Å². The highest BCUT2D eigenvalue weighted by Gasteiger charge is 2.23. The first-order valence-corrected chi connectivity index (χ1v) is 10.6. The van der Waals surface area contributed by atoms with E-state index in [1.807, 2.05) is 18.2 Å². The van der Waals surface area contributed by atoms with Gasteiger partial charge in [0.2, 0.25) is 5.91 Å². The molecule has 0 saturated carbocycles. The molecule has 0 aliphatic heterocycles. The summed E-state index contributed by atoms with van der Waals surface area (Å²) in [6.45, 7) is 5.86. The quantitative estimate of drug-likeness (QED) is 0.397. The molecular weight excluding hydrogens is 384 g/mol. The number of carbonyl (C=O) groups is 3. The Morgan fingerprint density at radius 3 is 2.33 bits per heavy atom. The van der Waals surface area contributed by atoms with Crippen LogP contribution in [0.15, 0.2) is 30.3 Å². The van der Waals surface area contributed by atoms with Crippen molar-refractivity contribution >= 4 is 18.0 Å². The van der Waals surface area contributed by atoms with Crippen LogP contribution in [-0.4, -0.2) is 43.3 Å². The van der Waals surface area contributed by atoms with E-state index in [1.54, 1.807) is 20.8 Å². The zero-order valence-corrected chi connectivity index (χ0v) is 18.7. The summed E-state index contributed by atoms with van der Waals surface area (Å²) in [5.74, 6) is -0.462. The fraction of sp³-hybridized carbons (Fsp3) is 0.609. The SMILES string of the molecule is COC(=O)CCCCC[C@@H](NC(=O)OC(C)(C)C)C(=O)NCCCc1ccccc1. The molecule has 7 heteroatoms. The lowest BCUT2D eigenvalue weighted by molar-refractivity contribution is -0.140. The number of ether oxygens (including phenoxy) is 2. The smallest absolute Gasteiger partial charge is 0.408 e. The lowest BCUT2D eigenvalue weighted by Gasteiger charge is -2.23. The van der Waals surface area contributed by atoms with E-state index < -0.39 is 17.7 Å². The van der Waals surface area contributed by atoms with E-state index in [0.29, 0.717) is 32.2 Å². The van der Waals surface area contributed by atoms with E-state index in [2.05, 4.69) is 27.5 Å². The third-order valence-corrected chi connectivity index (χ3v) is 4.39. The number of esters is 1. The molecule has 7 nitrogen and oxygen atoms in total. The van der Waals surface area contributed by atoms with Crippen molar-refractivity contribution < 1.29 is 23.9 Å². The van der Waals surface area contributed by atoms with E-state index in [1.165, 1.54) is 12.7 Å². The second-order valence-electron chi connectivity index (χ2n) is 8.25. The normalized spacial score (nSPS) is 12.0. The largest absolute Gasteiger partial charge is 0.469 e. The minimum Gasteiger partial charge on any atom is -0.469 e. The van der Waals surface area contributed by atoms with Crippen LogP contribution in [0.4, 0.5) is 4.79 Å². The Balaban J connectivity index is 2.47. The first-order chi connectivity index (χ1) is 14.2. The van der Waals surface area contributed by atoms with Crippen molar-refractivity contribution in [1.82, 2.24) is 10.6 Å². The molecule has 0 aliphatic rings. The number of methoxy groups -OCH3 is 1. The maximum Gasteiger partial charge on any atom is 0.408 e.